The number of carboxylic acid groups (broad SMARTS) is 2. The third-order valence-electron chi connectivity index (χ3n) is 4.90. The molecule has 0 spiro atoms. The largest absolute Gasteiger partial charge is 0.478 e. The summed E-state index contributed by atoms with van der Waals surface area (Å²) < 4.78 is 0. The fourth-order valence-corrected chi connectivity index (χ4v) is 4.31. The molecule has 0 saturated heterocycles. The maximum atomic E-state index is 11.8. The van der Waals surface area contributed by atoms with Gasteiger partial charge >= 0.3 is 11.9 Å². The summed E-state index contributed by atoms with van der Waals surface area (Å²) in [6.07, 6.45) is 0. The lowest BCUT2D eigenvalue weighted by molar-refractivity contribution is -0.109. The fraction of sp³-hybridized carbons (Fsp3) is 0.0417. The maximum absolute atomic E-state index is 11.8. The van der Waals surface area contributed by atoms with E-state index in [1.165, 1.54) is 19.1 Å². The number of hydrogen-bond acceptors (Lipinski definition) is 4. The van der Waals surface area contributed by atoms with E-state index in [9.17, 15) is 24.6 Å². The monoisotopic (exact) mass is 416 g/mol. The molecule has 4 rings (SSSR count). The van der Waals surface area contributed by atoms with Gasteiger partial charge in [0.25, 0.3) is 0 Å². The summed E-state index contributed by atoms with van der Waals surface area (Å²) in [5.74, 6) is -2.15. The Kier molecular flexibility index (Phi) is 5.01. The van der Waals surface area contributed by atoms with Crippen LogP contribution in [0.1, 0.15) is 27.6 Å². The van der Waals surface area contributed by atoms with Crippen molar-refractivity contribution >= 4 is 50.4 Å². The molecule has 0 atom stereocenters. The van der Waals surface area contributed by atoms with Crippen molar-refractivity contribution in [1.29, 1.82) is 0 Å². The van der Waals surface area contributed by atoms with Crippen LogP contribution >= 0.6 is 11.8 Å². The number of benzene rings is 4. The number of aromatic carboxylic acids is 2. The minimum atomic E-state index is -1.08. The Hall–Kier alpha value is -3.64. The maximum Gasteiger partial charge on any atom is 0.336 e. The zero-order valence-corrected chi connectivity index (χ0v) is 16.7. The first-order valence-electron chi connectivity index (χ1n) is 9.10. The van der Waals surface area contributed by atoms with Crippen molar-refractivity contribution in [2.75, 3.05) is 0 Å². The summed E-state index contributed by atoms with van der Waals surface area (Å²) >= 11 is 1.13. The lowest BCUT2D eigenvalue weighted by Gasteiger charge is -2.15. The highest BCUT2D eigenvalue weighted by Crippen LogP contribution is 2.39. The number of hydrogen-bond donors (Lipinski definition) is 2. The van der Waals surface area contributed by atoms with E-state index >= 15 is 0 Å². The summed E-state index contributed by atoms with van der Waals surface area (Å²) in [4.78, 5) is 35.8. The molecule has 0 aliphatic carbocycles. The quantitative estimate of drug-likeness (QED) is 0.328. The Morgan fingerprint density at radius 1 is 0.700 bits per heavy atom. The zero-order chi connectivity index (χ0) is 21.4. The molecule has 4 aromatic rings. The van der Waals surface area contributed by atoms with Crippen molar-refractivity contribution in [3.05, 3.63) is 77.9 Å². The van der Waals surface area contributed by atoms with Crippen LogP contribution in [-0.2, 0) is 4.79 Å². The summed E-state index contributed by atoms with van der Waals surface area (Å²) in [5.41, 5.74) is 1.79. The highest BCUT2D eigenvalue weighted by molar-refractivity contribution is 8.13. The molecule has 0 fully saturated rings. The number of carbonyl (C=O) groups is 3. The van der Waals surface area contributed by atoms with Crippen LogP contribution in [0.2, 0.25) is 0 Å². The summed E-state index contributed by atoms with van der Waals surface area (Å²) in [6.45, 7) is 1.50. The summed E-state index contributed by atoms with van der Waals surface area (Å²) in [5, 5.41) is 21.7. The van der Waals surface area contributed by atoms with Crippen molar-refractivity contribution in [2.45, 2.75) is 11.8 Å². The molecule has 30 heavy (non-hydrogen) atoms. The average Bonchev–Trinajstić information content (AvgIpc) is 2.71. The van der Waals surface area contributed by atoms with Gasteiger partial charge in [-0.3, -0.25) is 4.79 Å². The Balaban J connectivity index is 2.11. The van der Waals surface area contributed by atoms with Gasteiger partial charge in [-0.1, -0.05) is 48.2 Å². The van der Waals surface area contributed by atoms with Crippen LogP contribution in [0.15, 0.2) is 71.6 Å². The van der Waals surface area contributed by atoms with E-state index in [0.717, 1.165) is 38.6 Å². The highest BCUT2D eigenvalue weighted by Gasteiger charge is 2.18. The van der Waals surface area contributed by atoms with Gasteiger partial charge in [-0.05, 0) is 63.0 Å². The minimum Gasteiger partial charge on any atom is -0.478 e. The molecular formula is C24H16O5S. The van der Waals surface area contributed by atoms with Crippen LogP contribution in [0.4, 0.5) is 0 Å². The molecule has 2 N–H and O–H groups in total. The van der Waals surface area contributed by atoms with E-state index in [1.807, 2.05) is 36.4 Å². The van der Waals surface area contributed by atoms with Crippen LogP contribution in [0.25, 0.3) is 32.7 Å². The van der Waals surface area contributed by atoms with E-state index in [-0.39, 0.29) is 16.2 Å². The Morgan fingerprint density at radius 2 is 1.20 bits per heavy atom. The van der Waals surface area contributed by atoms with Gasteiger partial charge in [0.1, 0.15) is 0 Å². The lowest BCUT2D eigenvalue weighted by atomic mass is 9.89. The van der Waals surface area contributed by atoms with Gasteiger partial charge in [-0.25, -0.2) is 9.59 Å². The predicted molar refractivity (Wildman–Crippen MR) is 117 cm³/mol. The smallest absolute Gasteiger partial charge is 0.336 e. The van der Waals surface area contributed by atoms with E-state index in [0.29, 0.717) is 10.8 Å². The first kappa shape index (κ1) is 19.7. The first-order valence-corrected chi connectivity index (χ1v) is 9.92. The number of thioether (sulfide) groups is 1. The molecule has 0 aliphatic heterocycles. The minimum absolute atomic E-state index is 0.0180. The summed E-state index contributed by atoms with van der Waals surface area (Å²) in [7, 11) is 0. The van der Waals surface area contributed by atoms with Gasteiger partial charge in [0.2, 0.25) is 0 Å². The second-order valence-electron chi connectivity index (χ2n) is 6.78. The summed E-state index contributed by atoms with van der Waals surface area (Å²) in [6, 6.07) is 19.1. The van der Waals surface area contributed by atoms with Crippen LogP contribution in [0.3, 0.4) is 0 Å². The zero-order valence-electron chi connectivity index (χ0n) is 15.9. The Morgan fingerprint density at radius 3 is 1.63 bits per heavy atom. The second kappa shape index (κ2) is 7.65. The molecule has 0 aliphatic rings. The SMILES string of the molecule is CC(=O)Sc1ccc(-c2c3cccc(C(=O)O)c3cc3c(C(=O)O)cccc23)cc1. The average molecular weight is 416 g/mol. The van der Waals surface area contributed by atoms with Gasteiger partial charge < -0.3 is 10.2 Å². The molecule has 4 aromatic carbocycles. The third-order valence-corrected chi connectivity index (χ3v) is 5.70. The molecule has 6 heteroatoms. The van der Waals surface area contributed by atoms with E-state index in [4.69, 9.17) is 0 Å². The van der Waals surface area contributed by atoms with Gasteiger partial charge in [-0.15, -0.1) is 0 Å². The first-order chi connectivity index (χ1) is 14.4. The molecule has 0 aromatic heterocycles. The Labute approximate surface area is 176 Å². The van der Waals surface area contributed by atoms with Gasteiger partial charge in [0.15, 0.2) is 5.12 Å². The van der Waals surface area contributed by atoms with Crippen LogP contribution in [-0.4, -0.2) is 27.3 Å². The molecular weight excluding hydrogens is 400 g/mol. The van der Waals surface area contributed by atoms with Crippen LogP contribution in [0, 0.1) is 0 Å². The highest BCUT2D eigenvalue weighted by atomic mass is 32.2. The third kappa shape index (κ3) is 3.42. The molecule has 0 bridgehead atoms. The van der Waals surface area contributed by atoms with Crippen LogP contribution < -0.4 is 0 Å². The predicted octanol–water partition coefficient (Wildman–Crippen LogP) is 5.70. The number of rotatable bonds is 4. The topological polar surface area (TPSA) is 91.7 Å². The second-order valence-corrected chi connectivity index (χ2v) is 8.03. The van der Waals surface area contributed by atoms with Crippen molar-refractivity contribution < 1.29 is 24.6 Å². The standard InChI is InChI=1S/C24H16O5S/c1-13(25)30-15-10-8-14(9-11-15)22-16-4-2-6-18(23(26)27)20(16)12-21-17(22)5-3-7-19(21)24(28)29/h2-12H,1H3,(H,26,27)(H,28,29). The molecule has 0 saturated carbocycles. The molecule has 0 unspecified atom stereocenters. The van der Waals surface area contributed by atoms with Crippen molar-refractivity contribution in [3.8, 4) is 11.1 Å². The fourth-order valence-electron chi connectivity index (χ4n) is 3.71. The van der Waals surface area contributed by atoms with Gasteiger partial charge in [0, 0.05) is 11.8 Å². The molecule has 5 nitrogen and oxygen atoms in total. The number of carbonyl (C=O) groups excluding carboxylic acids is 1. The van der Waals surface area contributed by atoms with E-state index < -0.39 is 11.9 Å². The molecule has 0 radical (unpaired) electrons. The normalized spacial score (nSPS) is 11.0. The van der Waals surface area contributed by atoms with E-state index in [1.54, 1.807) is 18.2 Å². The number of carboxylic acids is 2. The van der Waals surface area contributed by atoms with Gasteiger partial charge in [-0.2, -0.15) is 0 Å². The number of fused-ring (bicyclic) bond motifs is 2. The van der Waals surface area contributed by atoms with Crippen molar-refractivity contribution in [2.24, 2.45) is 0 Å². The van der Waals surface area contributed by atoms with Gasteiger partial charge in [0.05, 0.1) is 11.1 Å². The molecule has 0 heterocycles. The Bertz CT molecular complexity index is 1270. The molecule has 0 amide bonds. The van der Waals surface area contributed by atoms with Crippen molar-refractivity contribution in [1.82, 2.24) is 0 Å². The van der Waals surface area contributed by atoms with E-state index in [2.05, 4.69) is 0 Å². The van der Waals surface area contributed by atoms with Crippen LogP contribution in [0.5, 0.6) is 0 Å². The molecule has 148 valence electrons. The lowest BCUT2D eigenvalue weighted by Crippen LogP contribution is -2.01. The van der Waals surface area contributed by atoms with Crippen molar-refractivity contribution in [3.63, 3.8) is 0 Å².